The summed E-state index contributed by atoms with van der Waals surface area (Å²) in [5.41, 5.74) is 0. The van der Waals surface area contributed by atoms with Gasteiger partial charge in [0.2, 0.25) is 0 Å². The molecule has 0 aromatic heterocycles. The summed E-state index contributed by atoms with van der Waals surface area (Å²) < 4.78 is 0. The Morgan fingerprint density at radius 2 is 1.83 bits per heavy atom. The molecule has 0 rings (SSSR count). The first-order valence-corrected chi connectivity index (χ1v) is 5.03. The maximum Gasteiger partial charge on any atom is 0.0512 e. The fourth-order valence-electron chi connectivity index (χ4n) is 0.815. The van der Waals surface area contributed by atoms with Crippen molar-refractivity contribution in [3.63, 3.8) is 0 Å². The summed E-state index contributed by atoms with van der Waals surface area (Å²) in [5.74, 6) is 0. The normalized spacial score (nSPS) is 12.2. The molecule has 12 heavy (non-hydrogen) atoms. The SMILES string of the molecule is CC.CCN(C)CCCC(C)O. The molecule has 0 aromatic rings. The van der Waals surface area contributed by atoms with Crippen LogP contribution in [0.1, 0.15) is 40.5 Å². The van der Waals surface area contributed by atoms with E-state index < -0.39 is 0 Å². The van der Waals surface area contributed by atoms with E-state index in [1.165, 1.54) is 0 Å². The molecule has 1 N–H and O–H groups in total. The Balaban J connectivity index is 0. The quantitative estimate of drug-likeness (QED) is 0.692. The van der Waals surface area contributed by atoms with E-state index >= 15 is 0 Å². The van der Waals surface area contributed by atoms with Crippen molar-refractivity contribution < 1.29 is 5.11 Å². The minimum Gasteiger partial charge on any atom is -0.393 e. The lowest BCUT2D eigenvalue weighted by Crippen LogP contribution is -2.19. The highest BCUT2D eigenvalue weighted by molar-refractivity contribution is 4.51. The number of hydrogen-bond donors (Lipinski definition) is 1. The Hall–Kier alpha value is -0.0800. The van der Waals surface area contributed by atoms with Gasteiger partial charge in [-0.05, 0) is 39.9 Å². The number of hydrogen-bond acceptors (Lipinski definition) is 2. The lowest BCUT2D eigenvalue weighted by molar-refractivity contribution is 0.175. The first-order chi connectivity index (χ1) is 5.66. The van der Waals surface area contributed by atoms with E-state index in [2.05, 4.69) is 18.9 Å². The van der Waals surface area contributed by atoms with Gasteiger partial charge >= 0.3 is 0 Å². The van der Waals surface area contributed by atoms with E-state index in [4.69, 9.17) is 5.11 Å². The number of aliphatic hydroxyl groups excluding tert-OH is 1. The van der Waals surface area contributed by atoms with Gasteiger partial charge in [0.25, 0.3) is 0 Å². The zero-order valence-corrected chi connectivity index (χ0v) is 9.30. The largest absolute Gasteiger partial charge is 0.393 e. The third-order valence-corrected chi connectivity index (χ3v) is 1.70. The van der Waals surface area contributed by atoms with Crippen LogP contribution in [0, 0.1) is 0 Å². The molecule has 0 spiro atoms. The molecule has 76 valence electrons. The predicted molar refractivity (Wildman–Crippen MR) is 55.4 cm³/mol. The second-order valence-corrected chi connectivity index (χ2v) is 2.89. The summed E-state index contributed by atoms with van der Waals surface area (Å²) in [6.45, 7) is 10.2. The average Bonchev–Trinajstić information content (AvgIpc) is 2.07. The molecule has 0 aliphatic heterocycles. The fourth-order valence-corrected chi connectivity index (χ4v) is 0.815. The molecule has 0 aliphatic carbocycles. The predicted octanol–water partition coefficient (Wildman–Crippen LogP) is 2.13. The van der Waals surface area contributed by atoms with E-state index in [0.717, 1.165) is 25.9 Å². The van der Waals surface area contributed by atoms with Gasteiger partial charge in [0, 0.05) is 0 Å². The third kappa shape index (κ3) is 12.6. The smallest absolute Gasteiger partial charge is 0.0512 e. The minimum atomic E-state index is -0.134. The Morgan fingerprint density at radius 1 is 1.33 bits per heavy atom. The summed E-state index contributed by atoms with van der Waals surface area (Å²) >= 11 is 0. The highest BCUT2D eigenvalue weighted by Gasteiger charge is 1.97. The highest BCUT2D eigenvalue weighted by Crippen LogP contribution is 1.96. The van der Waals surface area contributed by atoms with Crippen LogP contribution in [0.2, 0.25) is 0 Å². The van der Waals surface area contributed by atoms with Crippen LogP contribution in [0.4, 0.5) is 0 Å². The van der Waals surface area contributed by atoms with Gasteiger partial charge in [-0.2, -0.15) is 0 Å². The molecule has 0 aromatic carbocycles. The molecule has 2 heteroatoms. The summed E-state index contributed by atoms with van der Waals surface area (Å²) in [6, 6.07) is 0. The van der Waals surface area contributed by atoms with Crippen molar-refractivity contribution in [3.8, 4) is 0 Å². The summed E-state index contributed by atoms with van der Waals surface area (Å²) in [4.78, 5) is 2.25. The number of rotatable bonds is 5. The van der Waals surface area contributed by atoms with E-state index in [1.807, 2.05) is 20.8 Å². The molecule has 0 saturated carbocycles. The maximum atomic E-state index is 8.92. The van der Waals surface area contributed by atoms with Gasteiger partial charge in [-0.1, -0.05) is 20.8 Å². The molecule has 0 radical (unpaired) electrons. The average molecular weight is 175 g/mol. The van der Waals surface area contributed by atoms with Gasteiger partial charge in [0.1, 0.15) is 0 Å². The Labute approximate surface area is 77.6 Å². The summed E-state index contributed by atoms with van der Waals surface area (Å²) in [5, 5.41) is 8.92. The molecule has 0 saturated heterocycles. The maximum absolute atomic E-state index is 8.92. The standard InChI is InChI=1S/C8H19NO.C2H6/c1-4-9(3)7-5-6-8(2)10;1-2/h8,10H,4-7H2,1-3H3;1-2H3. The van der Waals surface area contributed by atoms with Crippen molar-refractivity contribution in [2.75, 3.05) is 20.1 Å². The Kier molecular flexibility index (Phi) is 13.1. The van der Waals surface area contributed by atoms with E-state index in [0.29, 0.717) is 0 Å². The first kappa shape index (κ1) is 14.4. The monoisotopic (exact) mass is 175 g/mol. The van der Waals surface area contributed by atoms with Gasteiger partial charge in [0.05, 0.1) is 6.10 Å². The highest BCUT2D eigenvalue weighted by atomic mass is 16.3. The van der Waals surface area contributed by atoms with Gasteiger partial charge in [-0.3, -0.25) is 0 Å². The number of aliphatic hydroxyl groups is 1. The van der Waals surface area contributed by atoms with Crippen molar-refractivity contribution in [1.29, 1.82) is 0 Å². The lowest BCUT2D eigenvalue weighted by Gasteiger charge is -2.13. The van der Waals surface area contributed by atoms with Crippen LogP contribution in [0.5, 0.6) is 0 Å². The first-order valence-electron chi connectivity index (χ1n) is 5.03. The molecular weight excluding hydrogens is 150 g/mol. The van der Waals surface area contributed by atoms with E-state index in [1.54, 1.807) is 0 Å². The zero-order valence-electron chi connectivity index (χ0n) is 9.30. The molecule has 2 nitrogen and oxygen atoms in total. The second-order valence-electron chi connectivity index (χ2n) is 2.89. The topological polar surface area (TPSA) is 23.5 Å². The molecule has 1 atom stereocenters. The Morgan fingerprint density at radius 3 is 2.17 bits per heavy atom. The van der Waals surface area contributed by atoms with Crippen molar-refractivity contribution in [3.05, 3.63) is 0 Å². The molecular formula is C10H25NO. The number of nitrogens with zero attached hydrogens (tertiary/aromatic N) is 1. The van der Waals surface area contributed by atoms with Crippen LogP contribution in [-0.4, -0.2) is 36.2 Å². The molecule has 0 amide bonds. The van der Waals surface area contributed by atoms with E-state index in [-0.39, 0.29) is 6.10 Å². The zero-order chi connectivity index (χ0) is 9.98. The van der Waals surface area contributed by atoms with Gasteiger partial charge in [-0.15, -0.1) is 0 Å². The molecule has 0 bridgehead atoms. The van der Waals surface area contributed by atoms with Crippen LogP contribution >= 0.6 is 0 Å². The molecule has 0 fully saturated rings. The van der Waals surface area contributed by atoms with Crippen molar-refractivity contribution in [1.82, 2.24) is 4.90 Å². The van der Waals surface area contributed by atoms with Gasteiger partial charge < -0.3 is 10.0 Å². The van der Waals surface area contributed by atoms with Gasteiger partial charge in [-0.25, -0.2) is 0 Å². The molecule has 0 aliphatic rings. The van der Waals surface area contributed by atoms with Gasteiger partial charge in [0.15, 0.2) is 0 Å². The Bertz CT molecular complexity index is 74.2. The molecule has 1 unspecified atom stereocenters. The van der Waals surface area contributed by atoms with Crippen LogP contribution in [-0.2, 0) is 0 Å². The third-order valence-electron chi connectivity index (χ3n) is 1.70. The van der Waals surface area contributed by atoms with Crippen LogP contribution in [0.15, 0.2) is 0 Å². The van der Waals surface area contributed by atoms with E-state index in [9.17, 15) is 0 Å². The molecule has 0 heterocycles. The fraction of sp³-hybridized carbons (Fsp3) is 1.00. The second kappa shape index (κ2) is 10.9. The van der Waals surface area contributed by atoms with Crippen molar-refractivity contribution in [2.45, 2.75) is 46.6 Å². The van der Waals surface area contributed by atoms with Crippen LogP contribution in [0.3, 0.4) is 0 Å². The van der Waals surface area contributed by atoms with Crippen LogP contribution in [0.25, 0.3) is 0 Å². The summed E-state index contributed by atoms with van der Waals surface area (Å²) in [7, 11) is 2.10. The minimum absolute atomic E-state index is 0.134. The van der Waals surface area contributed by atoms with Crippen molar-refractivity contribution in [2.24, 2.45) is 0 Å². The lowest BCUT2D eigenvalue weighted by atomic mass is 10.2. The van der Waals surface area contributed by atoms with Crippen LogP contribution < -0.4 is 0 Å². The summed E-state index contributed by atoms with van der Waals surface area (Å²) in [6.07, 6.45) is 1.89. The van der Waals surface area contributed by atoms with Crippen molar-refractivity contribution >= 4 is 0 Å².